The van der Waals surface area contributed by atoms with Gasteiger partial charge in [0.15, 0.2) is 0 Å². The summed E-state index contributed by atoms with van der Waals surface area (Å²) in [6, 6.07) is 0.209. The molecule has 1 aliphatic carbocycles. The molecule has 0 aromatic rings. The summed E-state index contributed by atoms with van der Waals surface area (Å²) >= 11 is 0. The molecule has 1 amide bonds. The quantitative estimate of drug-likeness (QED) is 0.850. The standard InChI is InChI=1S/C15H28N2O2/c1-12-11-19-13(2)10-17(12)14(18)9-15(16-3)7-5-4-6-8-15/h12-13,16H,4-11H2,1-3H3. The highest BCUT2D eigenvalue weighted by Gasteiger charge is 2.36. The van der Waals surface area contributed by atoms with Gasteiger partial charge >= 0.3 is 0 Å². The molecule has 110 valence electrons. The predicted octanol–water partition coefficient (Wildman–Crippen LogP) is 1.93. The van der Waals surface area contributed by atoms with Crippen molar-refractivity contribution in [2.45, 2.75) is 70.1 Å². The van der Waals surface area contributed by atoms with E-state index in [1.165, 1.54) is 19.3 Å². The molecule has 0 aromatic carbocycles. The molecule has 4 nitrogen and oxygen atoms in total. The predicted molar refractivity (Wildman–Crippen MR) is 76.1 cm³/mol. The molecule has 1 heterocycles. The van der Waals surface area contributed by atoms with Gasteiger partial charge in [0.2, 0.25) is 5.91 Å². The SMILES string of the molecule is CNC1(CC(=O)N2CC(C)OCC2C)CCCCC1. The molecule has 4 heteroatoms. The summed E-state index contributed by atoms with van der Waals surface area (Å²) in [5.41, 5.74) is 0.0383. The lowest BCUT2D eigenvalue weighted by atomic mass is 9.79. The largest absolute Gasteiger partial charge is 0.375 e. The number of carbonyl (C=O) groups excluding carboxylic acids is 1. The molecule has 2 fully saturated rings. The maximum atomic E-state index is 12.6. The lowest BCUT2D eigenvalue weighted by Gasteiger charge is -2.41. The van der Waals surface area contributed by atoms with Crippen molar-refractivity contribution >= 4 is 5.91 Å². The summed E-state index contributed by atoms with van der Waals surface area (Å²) in [5.74, 6) is 0.291. The van der Waals surface area contributed by atoms with Crippen LogP contribution in [0.5, 0.6) is 0 Å². The fourth-order valence-corrected chi connectivity index (χ4v) is 3.39. The zero-order valence-corrected chi connectivity index (χ0v) is 12.6. The maximum absolute atomic E-state index is 12.6. The first-order valence-electron chi connectivity index (χ1n) is 7.66. The second-order valence-corrected chi connectivity index (χ2v) is 6.31. The number of carbonyl (C=O) groups is 1. The van der Waals surface area contributed by atoms with Crippen LogP contribution >= 0.6 is 0 Å². The van der Waals surface area contributed by atoms with Gasteiger partial charge in [-0.25, -0.2) is 0 Å². The van der Waals surface area contributed by atoms with E-state index in [2.05, 4.69) is 12.2 Å². The van der Waals surface area contributed by atoms with Crippen LogP contribution < -0.4 is 5.32 Å². The Bertz CT molecular complexity index is 313. The lowest BCUT2D eigenvalue weighted by Crippen LogP contribution is -2.54. The second kappa shape index (κ2) is 6.23. The number of nitrogens with one attached hydrogen (secondary N) is 1. The van der Waals surface area contributed by atoms with Gasteiger partial charge in [0.05, 0.1) is 18.8 Å². The van der Waals surface area contributed by atoms with E-state index in [-0.39, 0.29) is 17.7 Å². The van der Waals surface area contributed by atoms with Crippen LogP contribution in [0, 0.1) is 0 Å². The van der Waals surface area contributed by atoms with E-state index in [4.69, 9.17) is 4.74 Å². The molecule has 0 radical (unpaired) electrons. The van der Waals surface area contributed by atoms with E-state index in [1.807, 2.05) is 18.9 Å². The molecule has 0 aromatic heterocycles. The van der Waals surface area contributed by atoms with E-state index in [0.717, 1.165) is 19.4 Å². The minimum Gasteiger partial charge on any atom is -0.375 e. The lowest BCUT2D eigenvalue weighted by molar-refractivity contribution is -0.145. The van der Waals surface area contributed by atoms with Gasteiger partial charge in [0.1, 0.15) is 0 Å². The van der Waals surface area contributed by atoms with Crippen molar-refractivity contribution in [1.82, 2.24) is 10.2 Å². The van der Waals surface area contributed by atoms with Gasteiger partial charge in [-0.2, -0.15) is 0 Å². The molecule has 19 heavy (non-hydrogen) atoms. The topological polar surface area (TPSA) is 41.6 Å². The average Bonchev–Trinajstić information content (AvgIpc) is 2.42. The molecule has 1 N–H and O–H groups in total. The number of morpholine rings is 1. The van der Waals surface area contributed by atoms with Gasteiger partial charge in [0.25, 0.3) is 0 Å². The third-order valence-electron chi connectivity index (χ3n) is 4.76. The Morgan fingerprint density at radius 3 is 2.63 bits per heavy atom. The Morgan fingerprint density at radius 2 is 2.00 bits per heavy atom. The summed E-state index contributed by atoms with van der Waals surface area (Å²) in [5, 5.41) is 3.43. The minimum atomic E-state index is 0.0383. The van der Waals surface area contributed by atoms with Crippen LogP contribution in [0.3, 0.4) is 0 Å². The monoisotopic (exact) mass is 268 g/mol. The Labute approximate surface area is 116 Å². The fourth-order valence-electron chi connectivity index (χ4n) is 3.39. The molecule has 2 atom stereocenters. The van der Waals surface area contributed by atoms with Crippen molar-refractivity contribution in [2.75, 3.05) is 20.2 Å². The first kappa shape index (κ1) is 14.8. The molecular weight excluding hydrogens is 240 g/mol. The number of ether oxygens (including phenoxy) is 1. The van der Waals surface area contributed by atoms with Crippen molar-refractivity contribution in [1.29, 1.82) is 0 Å². The smallest absolute Gasteiger partial charge is 0.224 e. The van der Waals surface area contributed by atoms with Crippen LogP contribution in [-0.4, -0.2) is 48.7 Å². The van der Waals surface area contributed by atoms with Gasteiger partial charge in [-0.15, -0.1) is 0 Å². The van der Waals surface area contributed by atoms with E-state index >= 15 is 0 Å². The molecule has 2 aliphatic rings. The highest BCUT2D eigenvalue weighted by Crippen LogP contribution is 2.31. The minimum absolute atomic E-state index is 0.0383. The number of hydrogen-bond donors (Lipinski definition) is 1. The number of nitrogens with zero attached hydrogens (tertiary/aromatic N) is 1. The molecular formula is C15H28N2O2. The van der Waals surface area contributed by atoms with E-state index < -0.39 is 0 Å². The van der Waals surface area contributed by atoms with Gasteiger partial charge in [-0.1, -0.05) is 19.3 Å². The summed E-state index contributed by atoms with van der Waals surface area (Å²) in [6.07, 6.45) is 6.85. The Morgan fingerprint density at radius 1 is 1.32 bits per heavy atom. The van der Waals surface area contributed by atoms with E-state index in [0.29, 0.717) is 18.9 Å². The van der Waals surface area contributed by atoms with Crippen LogP contribution in [0.2, 0.25) is 0 Å². The fraction of sp³-hybridized carbons (Fsp3) is 0.933. The highest BCUT2D eigenvalue weighted by atomic mass is 16.5. The normalized spacial score (nSPS) is 31.2. The maximum Gasteiger partial charge on any atom is 0.224 e. The van der Waals surface area contributed by atoms with Crippen molar-refractivity contribution in [3.8, 4) is 0 Å². The van der Waals surface area contributed by atoms with Crippen molar-refractivity contribution < 1.29 is 9.53 Å². The van der Waals surface area contributed by atoms with Crippen molar-refractivity contribution in [3.05, 3.63) is 0 Å². The van der Waals surface area contributed by atoms with Crippen LogP contribution in [0.25, 0.3) is 0 Å². The Balaban J connectivity index is 1.98. The third kappa shape index (κ3) is 3.48. The molecule has 2 rings (SSSR count). The van der Waals surface area contributed by atoms with Crippen molar-refractivity contribution in [3.63, 3.8) is 0 Å². The molecule has 1 saturated heterocycles. The molecule has 0 spiro atoms. The van der Waals surface area contributed by atoms with E-state index in [1.54, 1.807) is 0 Å². The zero-order valence-electron chi connectivity index (χ0n) is 12.6. The van der Waals surface area contributed by atoms with Crippen LogP contribution in [0.15, 0.2) is 0 Å². The second-order valence-electron chi connectivity index (χ2n) is 6.31. The first-order chi connectivity index (χ1) is 9.06. The summed E-state index contributed by atoms with van der Waals surface area (Å²) in [7, 11) is 2.00. The zero-order chi connectivity index (χ0) is 13.9. The number of hydrogen-bond acceptors (Lipinski definition) is 3. The summed E-state index contributed by atoms with van der Waals surface area (Å²) in [4.78, 5) is 14.6. The van der Waals surface area contributed by atoms with Crippen LogP contribution in [0.4, 0.5) is 0 Å². The van der Waals surface area contributed by atoms with Gasteiger partial charge in [-0.05, 0) is 33.7 Å². The highest BCUT2D eigenvalue weighted by molar-refractivity contribution is 5.78. The van der Waals surface area contributed by atoms with Crippen molar-refractivity contribution in [2.24, 2.45) is 0 Å². The van der Waals surface area contributed by atoms with Gasteiger partial charge in [-0.3, -0.25) is 4.79 Å². The molecule has 0 bridgehead atoms. The van der Waals surface area contributed by atoms with Gasteiger partial charge in [0, 0.05) is 18.5 Å². The summed E-state index contributed by atoms with van der Waals surface area (Å²) in [6.45, 7) is 5.52. The molecule has 2 unspecified atom stereocenters. The van der Waals surface area contributed by atoms with E-state index in [9.17, 15) is 4.79 Å². The third-order valence-corrected chi connectivity index (χ3v) is 4.76. The number of amides is 1. The average molecular weight is 268 g/mol. The Kier molecular flexibility index (Phi) is 4.85. The van der Waals surface area contributed by atoms with Gasteiger partial charge < -0.3 is 15.0 Å². The molecule has 1 saturated carbocycles. The Hall–Kier alpha value is -0.610. The van der Waals surface area contributed by atoms with Crippen LogP contribution in [-0.2, 0) is 9.53 Å². The first-order valence-corrected chi connectivity index (χ1v) is 7.66. The molecule has 1 aliphatic heterocycles. The summed E-state index contributed by atoms with van der Waals surface area (Å²) < 4.78 is 5.60. The number of rotatable bonds is 3. The van der Waals surface area contributed by atoms with Crippen LogP contribution in [0.1, 0.15) is 52.4 Å².